The molecule has 3 heterocycles. The molecule has 1 aromatic heterocycles. The van der Waals surface area contributed by atoms with E-state index in [0.29, 0.717) is 48.0 Å². The highest BCUT2D eigenvalue weighted by Gasteiger charge is 2.23. The van der Waals surface area contributed by atoms with Gasteiger partial charge < -0.3 is 29.7 Å². The van der Waals surface area contributed by atoms with E-state index >= 15 is 0 Å². The van der Waals surface area contributed by atoms with Gasteiger partial charge in [-0.3, -0.25) is 14.6 Å². The summed E-state index contributed by atoms with van der Waals surface area (Å²) < 4.78 is 16.4. The SMILES string of the molecule is COc1cc(CNC(=O)c2ccc3c(c2)CNCCCCCCCN3C(=O)c2cccnc2)cc2c1OCO2. The summed E-state index contributed by atoms with van der Waals surface area (Å²) in [5, 5.41) is 6.49. The molecule has 0 radical (unpaired) electrons. The number of fused-ring (bicyclic) bond motifs is 2. The van der Waals surface area contributed by atoms with Gasteiger partial charge in [0.15, 0.2) is 11.5 Å². The van der Waals surface area contributed by atoms with E-state index in [9.17, 15) is 9.59 Å². The fourth-order valence-corrected chi connectivity index (χ4v) is 4.95. The van der Waals surface area contributed by atoms with Gasteiger partial charge >= 0.3 is 0 Å². The van der Waals surface area contributed by atoms with Crippen molar-refractivity contribution in [1.82, 2.24) is 15.6 Å². The van der Waals surface area contributed by atoms with E-state index in [1.54, 1.807) is 37.7 Å². The molecule has 2 aliphatic heterocycles. The van der Waals surface area contributed by atoms with Crippen molar-refractivity contribution in [3.8, 4) is 17.2 Å². The van der Waals surface area contributed by atoms with Crippen LogP contribution in [0.4, 0.5) is 5.69 Å². The van der Waals surface area contributed by atoms with Gasteiger partial charge in [-0.05, 0) is 73.0 Å². The van der Waals surface area contributed by atoms with Gasteiger partial charge in [-0.1, -0.05) is 19.3 Å². The Balaban J connectivity index is 1.38. The largest absolute Gasteiger partial charge is 0.493 e. The Kier molecular flexibility index (Phi) is 8.58. The highest BCUT2D eigenvalue weighted by Crippen LogP contribution is 2.41. The first kappa shape index (κ1) is 26.5. The molecule has 3 aromatic rings. The van der Waals surface area contributed by atoms with Gasteiger partial charge in [0.05, 0.1) is 12.7 Å². The van der Waals surface area contributed by atoms with Crippen LogP contribution in [-0.4, -0.2) is 43.8 Å². The predicted octanol–water partition coefficient (Wildman–Crippen LogP) is 4.45. The molecule has 5 rings (SSSR count). The number of aromatic nitrogens is 1. The summed E-state index contributed by atoms with van der Waals surface area (Å²) in [6.45, 7) is 2.50. The van der Waals surface area contributed by atoms with E-state index in [1.807, 2.05) is 29.2 Å². The minimum Gasteiger partial charge on any atom is -0.493 e. The lowest BCUT2D eigenvalue weighted by Crippen LogP contribution is -2.34. The first-order chi connectivity index (χ1) is 19.1. The number of rotatable bonds is 5. The third-order valence-electron chi connectivity index (χ3n) is 7.01. The summed E-state index contributed by atoms with van der Waals surface area (Å²) in [6, 6.07) is 12.8. The van der Waals surface area contributed by atoms with Crippen molar-refractivity contribution < 1.29 is 23.8 Å². The number of benzene rings is 2. The highest BCUT2D eigenvalue weighted by molar-refractivity contribution is 6.06. The molecule has 204 valence electrons. The van der Waals surface area contributed by atoms with Crippen LogP contribution in [0.2, 0.25) is 0 Å². The maximum absolute atomic E-state index is 13.5. The van der Waals surface area contributed by atoms with Gasteiger partial charge in [0.1, 0.15) is 0 Å². The maximum Gasteiger partial charge on any atom is 0.259 e. The van der Waals surface area contributed by atoms with E-state index in [4.69, 9.17) is 14.2 Å². The number of amides is 2. The van der Waals surface area contributed by atoms with Crippen LogP contribution >= 0.6 is 0 Å². The molecule has 39 heavy (non-hydrogen) atoms. The van der Waals surface area contributed by atoms with Crippen LogP contribution in [0.25, 0.3) is 0 Å². The van der Waals surface area contributed by atoms with Crippen LogP contribution in [0.15, 0.2) is 54.9 Å². The molecule has 2 amide bonds. The lowest BCUT2D eigenvalue weighted by atomic mass is 10.0. The van der Waals surface area contributed by atoms with Crippen molar-refractivity contribution in [1.29, 1.82) is 0 Å². The molecular formula is C30H34N4O5. The number of nitrogens with zero attached hydrogens (tertiary/aromatic N) is 2. The van der Waals surface area contributed by atoms with Crippen molar-refractivity contribution in [2.45, 2.75) is 45.2 Å². The molecule has 0 fully saturated rings. The predicted molar refractivity (Wildman–Crippen MR) is 147 cm³/mol. The zero-order valence-corrected chi connectivity index (χ0v) is 22.2. The Hall–Kier alpha value is -4.11. The summed E-state index contributed by atoms with van der Waals surface area (Å²) >= 11 is 0. The number of anilines is 1. The molecule has 0 atom stereocenters. The van der Waals surface area contributed by atoms with E-state index in [0.717, 1.165) is 55.5 Å². The molecule has 2 N–H and O–H groups in total. The lowest BCUT2D eigenvalue weighted by molar-refractivity contribution is 0.0949. The third-order valence-corrected chi connectivity index (χ3v) is 7.01. The zero-order chi connectivity index (χ0) is 27.0. The summed E-state index contributed by atoms with van der Waals surface area (Å²) in [5.41, 5.74) is 3.64. The number of pyridine rings is 1. The number of hydrogen-bond donors (Lipinski definition) is 2. The van der Waals surface area contributed by atoms with Gasteiger partial charge in [-0.25, -0.2) is 0 Å². The minimum absolute atomic E-state index is 0.0876. The van der Waals surface area contributed by atoms with Crippen LogP contribution in [0, 0.1) is 0 Å². The Bertz CT molecular complexity index is 1310. The fraction of sp³-hybridized carbons (Fsp3) is 0.367. The van der Waals surface area contributed by atoms with Crippen LogP contribution < -0.4 is 29.7 Å². The molecule has 0 saturated heterocycles. The molecular weight excluding hydrogens is 496 g/mol. The Morgan fingerprint density at radius 3 is 2.77 bits per heavy atom. The van der Waals surface area contributed by atoms with Crippen molar-refractivity contribution in [2.75, 3.05) is 31.9 Å². The molecule has 0 unspecified atom stereocenters. The Labute approximate surface area is 228 Å². The average Bonchev–Trinajstić information content (AvgIpc) is 3.45. The summed E-state index contributed by atoms with van der Waals surface area (Å²) in [4.78, 5) is 32.7. The van der Waals surface area contributed by atoms with E-state index in [-0.39, 0.29) is 18.6 Å². The highest BCUT2D eigenvalue weighted by atomic mass is 16.7. The van der Waals surface area contributed by atoms with Crippen molar-refractivity contribution in [2.24, 2.45) is 0 Å². The second-order valence-corrected chi connectivity index (χ2v) is 9.70. The average molecular weight is 531 g/mol. The van der Waals surface area contributed by atoms with Crippen LogP contribution in [-0.2, 0) is 13.1 Å². The quantitative estimate of drug-likeness (QED) is 0.503. The maximum atomic E-state index is 13.5. The number of carbonyl (C=O) groups excluding carboxylic acids is 2. The summed E-state index contributed by atoms with van der Waals surface area (Å²) in [7, 11) is 1.57. The number of methoxy groups -OCH3 is 1. The van der Waals surface area contributed by atoms with Gasteiger partial charge in [-0.15, -0.1) is 0 Å². The summed E-state index contributed by atoms with van der Waals surface area (Å²) in [5.74, 6) is 1.45. The first-order valence-electron chi connectivity index (χ1n) is 13.4. The van der Waals surface area contributed by atoms with Crippen LogP contribution in [0.5, 0.6) is 17.2 Å². The van der Waals surface area contributed by atoms with Crippen molar-refractivity contribution >= 4 is 17.5 Å². The van der Waals surface area contributed by atoms with E-state index in [1.165, 1.54) is 0 Å². The second-order valence-electron chi connectivity index (χ2n) is 9.70. The molecule has 2 aliphatic rings. The topological polar surface area (TPSA) is 102 Å². The third kappa shape index (κ3) is 6.31. The van der Waals surface area contributed by atoms with Crippen LogP contribution in [0.3, 0.4) is 0 Å². The second kappa shape index (κ2) is 12.6. The standard InChI is InChI=1S/C30H34N4O5/c1-37-26-14-21(15-27-28(26)39-20-38-27)17-33-29(35)22-9-10-25-24(16-22)19-31-11-5-3-2-4-6-13-34(25)30(36)23-8-7-12-32-18-23/h7-10,12,14-16,18,31H,2-6,11,13,17,19-20H2,1H3,(H,33,35). The number of carbonyl (C=O) groups is 2. The lowest BCUT2D eigenvalue weighted by Gasteiger charge is -2.26. The zero-order valence-electron chi connectivity index (χ0n) is 22.2. The Morgan fingerprint density at radius 2 is 1.92 bits per heavy atom. The number of nitrogens with one attached hydrogen (secondary N) is 2. The summed E-state index contributed by atoms with van der Waals surface area (Å²) in [6.07, 6.45) is 8.66. The molecule has 2 aromatic carbocycles. The number of ether oxygens (including phenoxy) is 3. The van der Waals surface area contributed by atoms with Crippen molar-refractivity contribution in [3.63, 3.8) is 0 Å². The molecule has 0 aliphatic carbocycles. The van der Waals surface area contributed by atoms with Gasteiger partial charge in [0.2, 0.25) is 12.5 Å². The molecule has 0 saturated carbocycles. The first-order valence-corrected chi connectivity index (χ1v) is 13.4. The van der Waals surface area contributed by atoms with E-state index in [2.05, 4.69) is 15.6 Å². The van der Waals surface area contributed by atoms with Crippen LogP contribution in [0.1, 0.15) is 63.9 Å². The molecule has 0 bridgehead atoms. The smallest absolute Gasteiger partial charge is 0.259 e. The van der Waals surface area contributed by atoms with Gasteiger partial charge in [0, 0.05) is 43.3 Å². The fourth-order valence-electron chi connectivity index (χ4n) is 4.95. The molecule has 9 heteroatoms. The normalized spacial score (nSPS) is 15.5. The monoisotopic (exact) mass is 530 g/mol. The van der Waals surface area contributed by atoms with Gasteiger partial charge in [-0.2, -0.15) is 0 Å². The van der Waals surface area contributed by atoms with Gasteiger partial charge in [0.25, 0.3) is 11.8 Å². The van der Waals surface area contributed by atoms with Crippen molar-refractivity contribution in [3.05, 3.63) is 77.1 Å². The molecule has 9 nitrogen and oxygen atoms in total. The molecule has 0 spiro atoms. The number of hydrogen-bond acceptors (Lipinski definition) is 7. The minimum atomic E-state index is -0.203. The Morgan fingerprint density at radius 1 is 1.05 bits per heavy atom. The van der Waals surface area contributed by atoms with E-state index < -0.39 is 0 Å².